The maximum Gasteiger partial charge on any atom is 0.259 e. The van der Waals surface area contributed by atoms with Gasteiger partial charge in [-0.25, -0.2) is 4.98 Å². The minimum Gasteiger partial charge on any atom is -0.438 e. The molecule has 2 aromatic rings. The first-order chi connectivity index (χ1) is 12.0. The number of benzene rings is 1. The SMILES string of the molecule is CN1CCC(N(C)C(=O)c2cccnc2Oc2ccc(Br)cc2)CC1. The molecule has 1 aliphatic heterocycles. The summed E-state index contributed by atoms with van der Waals surface area (Å²) in [6.07, 6.45) is 3.62. The van der Waals surface area contributed by atoms with E-state index < -0.39 is 0 Å². The predicted octanol–water partition coefficient (Wildman–Crippen LogP) is 3.80. The average molecular weight is 404 g/mol. The van der Waals surface area contributed by atoms with E-state index in [-0.39, 0.29) is 11.9 Å². The van der Waals surface area contributed by atoms with Gasteiger partial charge in [-0.15, -0.1) is 0 Å². The molecule has 0 unspecified atom stereocenters. The van der Waals surface area contributed by atoms with Gasteiger partial charge in [0.15, 0.2) is 0 Å². The molecule has 1 saturated heterocycles. The summed E-state index contributed by atoms with van der Waals surface area (Å²) in [5.41, 5.74) is 0.492. The lowest BCUT2D eigenvalue weighted by atomic mass is 10.0. The summed E-state index contributed by atoms with van der Waals surface area (Å²) >= 11 is 3.40. The minimum atomic E-state index is -0.0465. The van der Waals surface area contributed by atoms with E-state index in [1.165, 1.54) is 0 Å². The van der Waals surface area contributed by atoms with Gasteiger partial charge >= 0.3 is 0 Å². The van der Waals surface area contributed by atoms with Crippen LogP contribution in [0.25, 0.3) is 0 Å². The predicted molar refractivity (Wildman–Crippen MR) is 101 cm³/mol. The molecule has 5 nitrogen and oxygen atoms in total. The van der Waals surface area contributed by atoms with Crippen molar-refractivity contribution in [2.24, 2.45) is 0 Å². The smallest absolute Gasteiger partial charge is 0.259 e. The van der Waals surface area contributed by atoms with Crippen molar-refractivity contribution in [1.29, 1.82) is 0 Å². The molecule has 0 spiro atoms. The van der Waals surface area contributed by atoms with E-state index in [4.69, 9.17) is 4.74 Å². The Morgan fingerprint density at radius 2 is 1.92 bits per heavy atom. The Hall–Kier alpha value is -1.92. The lowest BCUT2D eigenvalue weighted by Crippen LogP contribution is -2.44. The third-order valence-corrected chi connectivity index (χ3v) is 5.11. The minimum absolute atomic E-state index is 0.0465. The number of nitrogens with zero attached hydrogens (tertiary/aromatic N) is 3. The highest BCUT2D eigenvalue weighted by Crippen LogP contribution is 2.26. The van der Waals surface area contributed by atoms with Gasteiger partial charge in [-0.05, 0) is 69.4 Å². The molecule has 6 heteroatoms. The van der Waals surface area contributed by atoms with Gasteiger partial charge in [0.25, 0.3) is 5.91 Å². The molecule has 132 valence electrons. The first kappa shape index (κ1) is 17.9. The second-order valence-electron chi connectivity index (χ2n) is 6.36. The van der Waals surface area contributed by atoms with Crippen LogP contribution in [0.4, 0.5) is 0 Å². The fourth-order valence-electron chi connectivity index (χ4n) is 2.99. The number of likely N-dealkylation sites (tertiary alicyclic amines) is 1. The summed E-state index contributed by atoms with van der Waals surface area (Å²) in [5, 5.41) is 0. The van der Waals surface area contributed by atoms with E-state index in [0.717, 1.165) is 30.4 Å². The van der Waals surface area contributed by atoms with Gasteiger partial charge < -0.3 is 14.5 Å². The van der Waals surface area contributed by atoms with Crippen molar-refractivity contribution in [1.82, 2.24) is 14.8 Å². The molecule has 2 heterocycles. The summed E-state index contributed by atoms with van der Waals surface area (Å²) in [7, 11) is 3.98. The van der Waals surface area contributed by atoms with Gasteiger partial charge in [0, 0.05) is 23.8 Å². The molecular formula is C19H22BrN3O2. The highest BCUT2D eigenvalue weighted by Gasteiger charge is 2.26. The van der Waals surface area contributed by atoms with Gasteiger partial charge in [-0.1, -0.05) is 15.9 Å². The van der Waals surface area contributed by atoms with Crippen LogP contribution in [0.15, 0.2) is 47.1 Å². The molecule has 25 heavy (non-hydrogen) atoms. The molecule has 0 atom stereocenters. The van der Waals surface area contributed by atoms with Crippen LogP contribution < -0.4 is 4.74 Å². The average Bonchev–Trinajstić information content (AvgIpc) is 2.63. The number of carbonyl (C=O) groups excluding carboxylic acids is 1. The normalized spacial score (nSPS) is 15.8. The number of ether oxygens (including phenoxy) is 1. The molecule has 1 amide bonds. The van der Waals surface area contributed by atoms with Crippen molar-refractivity contribution in [3.8, 4) is 11.6 Å². The van der Waals surface area contributed by atoms with Crippen LogP contribution in [-0.4, -0.2) is 53.9 Å². The number of halogens is 1. The number of rotatable bonds is 4. The second-order valence-corrected chi connectivity index (χ2v) is 7.28. The Kier molecular flexibility index (Phi) is 5.71. The number of carbonyl (C=O) groups is 1. The van der Waals surface area contributed by atoms with Gasteiger partial charge in [0.1, 0.15) is 11.3 Å². The van der Waals surface area contributed by atoms with Crippen LogP contribution in [0, 0.1) is 0 Å². The molecule has 1 aliphatic rings. The Labute approximate surface area is 156 Å². The Bertz CT molecular complexity index is 728. The van der Waals surface area contributed by atoms with Gasteiger partial charge in [-0.2, -0.15) is 0 Å². The van der Waals surface area contributed by atoms with Crippen molar-refractivity contribution in [3.63, 3.8) is 0 Å². The van der Waals surface area contributed by atoms with E-state index in [1.807, 2.05) is 36.2 Å². The summed E-state index contributed by atoms with van der Waals surface area (Å²) in [5.74, 6) is 0.947. The monoisotopic (exact) mass is 403 g/mol. The summed E-state index contributed by atoms with van der Waals surface area (Å²) in [4.78, 5) is 21.4. The largest absolute Gasteiger partial charge is 0.438 e. The quantitative estimate of drug-likeness (QED) is 0.778. The molecule has 1 fully saturated rings. The Morgan fingerprint density at radius 3 is 2.60 bits per heavy atom. The fourth-order valence-corrected chi connectivity index (χ4v) is 3.25. The summed E-state index contributed by atoms with van der Waals surface area (Å²) < 4.78 is 6.82. The van der Waals surface area contributed by atoms with Crippen LogP contribution in [-0.2, 0) is 0 Å². The van der Waals surface area contributed by atoms with E-state index in [0.29, 0.717) is 17.2 Å². The number of pyridine rings is 1. The van der Waals surface area contributed by atoms with Gasteiger partial charge in [-0.3, -0.25) is 4.79 Å². The van der Waals surface area contributed by atoms with Crippen molar-refractivity contribution < 1.29 is 9.53 Å². The molecule has 1 aromatic carbocycles. The molecule has 0 bridgehead atoms. The number of piperidine rings is 1. The van der Waals surface area contributed by atoms with Crippen LogP contribution >= 0.6 is 15.9 Å². The Morgan fingerprint density at radius 1 is 1.24 bits per heavy atom. The number of amides is 1. The maximum absolute atomic E-state index is 13.0. The van der Waals surface area contributed by atoms with Crippen LogP contribution in [0.3, 0.4) is 0 Å². The van der Waals surface area contributed by atoms with Gasteiger partial charge in [0.2, 0.25) is 5.88 Å². The highest BCUT2D eigenvalue weighted by atomic mass is 79.9. The second kappa shape index (κ2) is 7.97. The van der Waals surface area contributed by atoms with Crippen molar-refractivity contribution >= 4 is 21.8 Å². The fraction of sp³-hybridized carbons (Fsp3) is 0.368. The van der Waals surface area contributed by atoms with Crippen LogP contribution in [0.1, 0.15) is 23.2 Å². The lowest BCUT2D eigenvalue weighted by molar-refractivity contribution is 0.0656. The maximum atomic E-state index is 13.0. The lowest BCUT2D eigenvalue weighted by Gasteiger charge is -2.35. The molecular weight excluding hydrogens is 382 g/mol. The Balaban J connectivity index is 1.77. The third kappa shape index (κ3) is 4.38. The van der Waals surface area contributed by atoms with Crippen molar-refractivity contribution in [3.05, 3.63) is 52.6 Å². The first-order valence-corrected chi connectivity index (χ1v) is 9.18. The van der Waals surface area contributed by atoms with E-state index in [9.17, 15) is 4.79 Å². The number of hydrogen-bond donors (Lipinski definition) is 0. The molecule has 1 aromatic heterocycles. The number of hydrogen-bond acceptors (Lipinski definition) is 4. The first-order valence-electron chi connectivity index (χ1n) is 8.39. The van der Waals surface area contributed by atoms with E-state index in [1.54, 1.807) is 18.3 Å². The van der Waals surface area contributed by atoms with Crippen LogP contribution in [0.5, 0.6) is 11.6 Å². The zero-order chi connectivity index (χ0) is 17.8. The zero-order valence-corrected chi connectivity index (χ0v) is 16.1. The van der Waals surface area contributed by atoms with Crippen molar-refractivity contribution in [2.45, 2.75) is 18.9 Å². The standard InChI is InChI=1S/C19H22BrN3O2/c1-22-12-9-15(10-13-22)23(2)19(24)17-4-3-11-21-18(17)25-16-7-5-14(20)6-8-16/h3-8,11,15H,9-10,12-13H2,1-2H3. The van der Waals surface area contributed by atoms with Crippen molar-refractivity contribution in [2.75, 3.05) is 27.2 Å². The van der Waals surface area contributed by atoms with Crippen LogP contribution in [0.2, 0.25) is 0 Å². The topological polar surface area (TPSA) is 45.7 Å². The summed E-state index contributed by atoms with van der Waals surface area (Å²) in [6.45, 7) is 2.02. The molecule has 0 radical (unpaired) electrons. The third-order valence-electron chi connectivity index (χ3n) is 4.59. The zero-order valence-electron chi connectivity index (χ0n) is 14.5. The molecule has 0 N–H and O–H groups in total. The van der Waals surface area contributed by atoms with Gasteiger partial charge in [0.05, 0.1) is 0 Å². The molecule has 0 saturated carbocycles. The van der Waals surface area contributed by atoms with E-state index >= 15 is 0 Å². The highest BCUT2D eigenvalue weighted by molar-refractivity contribution is 9.10. The number of aromatic nitrogens is 1. The molecule has 0 aliphatic carbocycles. The van der Waals surface area contributed by atoms with E-state index in [2.05, 4.69) is 32.9 Å². The summed E-state index contributed by atoms with van der Waals surface area (Å²) in [6, 6.07) is 11.3. The molecule has 3 rings (SSSR count).